The SMILES string of the molecule is CC[C@H](C(=O)Nc1cccc(C(C)=O)c1)N1C(=O)CCn2nc(C)cc21. The largest absolute Gasteiger partial charge is 0.324 e. The van der Waals surface area contributed by atoms with Gasteiger partial charge in [-0.3, -0.25) is 19.3 Å². The molecule has 1 aliphatic rings. The molecule has 136 valence electrons. The number of aromatic nitrogens is 2. The molecule has 0 fully saturated rings. The third-order valence-electron chi connectivity index (χ3n) is 4.47. The van der Waals surface area contributed by atoms with E-state index >= 15 is 0 Å². The topological polar surface area (TPSA) is 84.3 Å². The number of nitrogens with zero attached hydrogens (tertiary/aromatic N) is 3. The van der Waals surface area contributed by atoms with E-state index < -0.39 is 6.04 Å². The Morgan fingerprint density at radius 2 is 2.08 bits per heavy atom. The predicted octanol–water partition coefficient (Wildman–Crippen LogP) is 2.55. The standard InChI is InChI=1S/C19H22N4O3/c1-4-16(19(26)20-15-7-5-6-14(11-15)13(3)24)23-17-10-12(2)21-22(17)9-8-18(23)25/h5-7,10-11,16H,4,8-9H2,1-3H3,(H,20,26)/t16-/m1/s1. The summed E-state index contributed by atoms with van der Waals surface area (Å²) in [5, 5.41) is 7.21. The molecule has 2 heterocycles. The minimum Gasteiger partial charge on any atom is -0.324 e. The molecule has 0 bridgehead atoms. The molecule has 1 aromatic carbocycles. The zero-order valence-corrected chi connectivity index (χ0v) is 15.2. The Balaban J connectivity index is 1.86. The van der Waals surface area contributed by atoms with Crippen LogP contribution in [0.15, 0.2) is 30.3 Å². The van der Waals surface area contributed by atoms with Gasteiger partial charge < -0.3 is 5.32 Å². The van der Waals surface area contributed by atoms with Crippen LogP contribution in [0.3, 0.4) is 0 Å². The maximum absolute atomic E-state index is 12.9. The monoisotopic (exact) mass is 354 g/mol. The van der Waals surface area contributed by atoms with Crippen LogP contribution in [0.5, 0.6) is 0 Å². The van der Waals surface area contributed by atoms with Gasteiger partial charge in [0.15, 0.2) is 5.78 Å². The zero-order chi connectivity index (χ0) is 18.8. The fourth-order valence-electron chi connectivity index (χ4n) is 3.20. The molecule has 1 N–H and O–H groups in total. The summed E-state index contributed by atoms with van der Waals surface area (Å²) >= 11 is 0. The first-order chi connectivity index (χ1) is 12.4. The van der Waals surface area contributed by atoms with Crippen molar-refractivity contribution in [1.82, 2.24) is 9.78 Å². The average Bonchev–Trinajstić information content (AvgIpc) is 2.98. The number of hydrogen-bond acceptors (Lipinski definition) is 4. The molecule has 0 saturated heterocycles. The predicted molar refractivity (Wildman–Crippen MR) is 98.2 cm³/mol. The highest BCUT2D eigenvalue weighted by atomic mass is 16.2. The number of amides is 2. The van der Waals surface area contributed by atoms with Crippen molar-refractivity contribution < 1.29 is 14.4 Å². The summed E-state index contributed by atoms with van der Waals surface area (Å²) in [6, 6.07) is 7.97. The van der Waals surface area contributed by atoms with Gasteiger partial charge in [-0.1, -0.05) is 19.1 Å². The molecule has 0 unspecified atom stereocenters. The smallest absolute Gasteiger partial charge is 0.247 e. The summed E-state index contributed by atoms with van der Waals surface area (Å²) in [5.74, 6) is 0.211. The van der Waals surface area contributed by atoms with Crippen LogP contribution in [0.4, 0.5) is 11.5 Å². The van der Waals surface area contributed by atoms with E-state index in [2.05, 4.69) is 10.4 Å². The first-order valence-electron chi connectivity index (χ1n) is 8.69. The molecule has 0 radical (unpaired) electrons. The highest BCUT2D eigenvalue weighted by Gasteiger charge is 2.34. The average molecular weight is 354 g/mol. The Labute approximate surface area is 152 Å². The van der Waals surface area contributed by atoms with E-state index in [1.807, 2.05) is 19.9 Å². The van der Waals surface area contributed by atoms with E-state index in [0.29, 0.717) is 36.5 Å². The van der Waals surface area contributed by atoms with Crippen LogP contribution in [0.2, 0.25) is 0 Å². The van der Waals surface area contributed by atoms with Crippen LogP contribution in [-0.2, 0) is 16.1 Å². The Morgan fingerprint density at radius 3 is 2.77 bits per heavy atom. The van der Waals surface area contributed by atoms with Gasteiger partial charge in [-0.05, 0) is 32.4 Å². The number of benzene rings is 1. The molecule has 1 aromatic heterocycles. The lowest BCUT2D eigenvalue weighted by molar-refractivity contribution is -0.124. The van der Waals surface area contributed by atoms with Crippen molar-refractivity contribution in [2.75, 3.05) is 10.2 Å². The molecule has 1 aliphatic heterocycles. The number of rotatable bonds is 5. The molecule has 2 aromatic rings. The van der Waals surface area contributed by atoms with E-state index in [4.69, 9.17) is 0 Å². The molecule has 0 saturated carbocycles. The highest BCUT2D eigenvalue weighted by molar-refractivity contribution is 6.05. The third kappa shape index (κ3) is 3.37. The van der Waals surface area contributed by atoms with Crippen molar-refractivity contribution in [3.63, 3.8) is 0 Å². The van der Waals surface area contributed by atoms with Crippen LogP contribution in [0.25, 0.3) is 0 Å². The zero-order valence-electron chi connectivity index (χ0n) is 15.2. The number of aryl methyl sites for hydroxylation is 2. The third-order valence-corrected chi connectivity index (χ3v) is 4.47. The molecule has 7 nitrogen and oxygen atoms in total. The van der Waals surface area contributed by atoms with Gasteiger partial charge in [-0.2, -0.15) is 5.10 Å². The van der Waals surface area contributed by atoms with Crippen molar-refractivity contribution in [3.05, 3.63) is 41.6 Å². The fourth-order valence-corrected chi connectivity index (χ4v) is 3.20. The second-order valence-electron chi connectivity index (χ2n) is 6.43. The Hall–Kier alpha value is -2.96. The van der Waals surface area contributed by atoms with Crippen molar-refractivity contribution in [2.45, 2.75) is 46.2 Å². The first-order valence-corrected chi connectivity index (χ1v) is 8.69. The number of ketones is 1. The maximum Gasteiger partial charge on any atom is 0.247 e. The number of hydrogen-bond donors (Lipinski definition) is 1. The lowest BCUT2D eigenvalue weighted by atomic mass is 10.1. The van der Waals surface area contributed by atoms with E-state index in [1.165, 1.54) is 11.8 Å². The second kappa shape index (κ2) is 7.11. The Kier molecular flexibility index (Phi) is 4.88. The normalized spacial score (nSPS) is 14.7. The van der Waals surface area contributed by atoms with Crippen molar-refractivity contribution in [3.8, 4) is 0 Å². The molecule has 26 heavy (non-hydrogen) atoms. The van der Waals surface area contributed by atoms with Crippen LogP contribution < -0.4 is 10.2 Å². The number of carbonyl (C=O) groups excluding carboxylic acids is 3. The number of nitrogens with one attached hydrogen (secondary N) is 1. The van der Waals surface area contributed by atoms with Gasteiger partial charge in [0.25, 0.3) is 0 Å². The summed E-state index contributed by atoms with van der Waals surface area (Å²) in [4.78, 5) is 38.5. The Morgan fingerprint density at radius 1 is 1.31 bits per heavy atom. The van der Waals surface area contributed by atoms with Crippen LogP contribution in [0, 0.1) is 6.92 Å². The molecular formula is C19H22N4O3. The van der Waals surface area contributed by atoms with Crippen LogP contribution >= 0.6 is 0 Å². The van der Waals surface area contributed by atoms with Gasteiger partial charge in [-0.25, -0.2) is 4.68 Å². The lowest BCUT2D eigenvalue weighted by Gasteiger charge is -2.33. The summed E-state index contributed by atoms with van der Waals surface area (Å²) in [7, 11) is 0. The highest BCUT2D eigenvalue weighted by Crippen LogP contribution is 2.26. The molecule has 3 rings (SSSR count). The summed E-state index contributed by atoms with van der Waals surface area (Å²) < 4.78 is 1.77. The van der Waals surface area contributed by atoms with Gasteiger partial charge in [0.2, 0.25) is 11.8 Å². The molecule has 0 spiro atoms. The van der Waals surface area contributed by atoms with Gasteiger partial charge in [0, 0.05) is 23.7 Å². The van der Waals surface area contributed by atoms with Crippen molar-refractivity contribution in [2.24, 2.45) is 0 Å². The van der Waals surface area contributed by atoms with E-state index in [1.54, 1.807) is 28.9 Å². The van der Waals surface area contributed by atoms with Crippen LogP contribution in [-0.4, -0.2) is 33.4 Å². The quantitative estimate of drug-likeness (QED) is 0.836. The van der Waals surface area contributed by atoms with Gasteiger partial charge in [-0.15, -0.1) is 0 Å². The molecule has 2 amide bonds. The second-order valence-corrected chi connectivity index (χ2v) is 6.43. The molecule has 0 aliphatic carbocycles. The lowest BCUT2D eigenvalue weighted by Crippen LogP contribution is -2.50. The van der Waals surface area contributed by atoms with E-state index in [-0.39, 0.29) is 17.6 Å². The van der Waals surface area contributed by atoms with E-state index in [0.717, 1.165) is 5.69 Å². The number of fused-ring (bicyclic) bond motifs is 1. The number of carbonyl (C=O) groups is 3. The first kappa shape index (κ1) is 17.8. The van der Waals surface area contributed by atoms with Gasteiger partial charge in [0.1, 0.15) is 11.9 Å². The summed E-state index contributed by atoms with van der Waals surface area (Å²) in [6.45, 7) is 5.73. The van der Waals surface area contributed by atoms with Crippen molar-refractivity contribution in [1.29, 1.82) is 0 Å². The summed E-state index contributed by atoms with van der Waals surface area (Å²) in [6.07, 6.45) is 0.784. The fraction of sp³-hybridized carbons (Fsp3) is 0.368. The Bertz CT molecular complexity index is 871. The minimum atomic E-state index is -0.640. The number of Topliss-reactive ketones (excluding diaryl/α,β-unsaturated/α-hetero) is 1. The molecule has 1 atom stereocenters. The van der Waals surface area contributed by atoms with Crippen molar-refractivity contribution >= 4 is 29.1 Å². The summed E-state index contributed by atoms with van der Waals surface area (Å²) in [5.41, 5.74) is 1.87. The van der Waals surface area contributed by atoms with E-state index in [9.17, 15) is 14.4 Å². The molecule has 7 heteroatoms. The molecular weight excluding hydrogens is 332 g/mol. The number of anilines is 2. The van der Waals surface area contributed by atoms with Gasteiger partial charge >= 0.3 is 0 Å². The minimum absolute atomic E-state index is 0.0706. The van der Waals surface area contributed by atoms with Crippen LogP contribution in [0.1, 0.15) is 42.7 Å². The maximum atomic E-state index is 12.9. The van der Waals surface area contributed by atoms with Gasteiger partial charge in [0.05, 0.1) is 12.2 Å².